The Morgan fingerprint density at radius 3 is 2.62 bits per heavy atom. The molecule has 37 heavy (non-hydrogen) atoms. The van der Waals surface area contributed by atoms with Crippen molar-refractivity contribution in [2.45, 2.75) is 31.8 Å². The molecule has 186 valence electrons. The van der Waals surface area contributed by atoms with Gasteiger partial charge >= 0.3 is 0 Å². The van der Waals surface area contributed by atoms with Gasteiger partial charge in [0.1, 0.15) is 11.5 Å². The number of carbonyl (C=O) groups is 1. The standard InChI is InChI=1S/C30H28FN5O/c1-33-29-17-27(36(35-29)25-9-5-6-21(14-25)18-32)28(37)16-24-15-23(12-13-26(24)31)30(34-19-20-10-11-20)22-7-3-2-4-8-22/h2-9,12-15,17,20,30,34H,10-11,16,18-19,32H2. The van der Waals surface area contributed by atoms with Gasteiger partial charge in [-0.15, -0.1) is 0 Å². The Bertz CT molecular complexity index is 1450. The number of benzene rings is 3. The second-order valence-electron chi connectivity index (χ2n) is 9.43. The lowest BCUT2D eigenvalue weighted by molar-refractivity contribution is 0.0984. The monoisotopic (exact) mass is 493 g/mol. The fraction of sp³-hybridized carbons (Fsp3) is 0.233. The largest absolute Gasteiger partial charge is 0.359 e. The Morgan fingerprint density at radius 1 is 1.08 bits per heavy atom. The lowest BCUT2D eigenvalue weighted by Crippen LogP contribution is -2.25. The second-order valence-corrected chi connectivity index (χ2v) is 9.43. The summed E-state index contributed by atoms with van der Waals surface area (Å²) in [6.07, 6.45) is 2.31. The Balaban J connectivity index is 1.45. The maximum absolute atomic E-state index is 15.0. The van der Waals surface area contributed by atoms with E-state index in [1.165, 1.54) is 29.7 Å². The molecule has 6 nitrogen and oxygen atoms in total. The molecule has 5 rings (SSSR count). The molecule has 1 aromatic heterocycles. The molecule has 0 bridgehead atoms. The highest BCUT2D eigenvalue weighted by Gasteiger charge is 2.25. The molecule has 3 aromatic carbocycles. The molecule has 1 heterocycles. The molecule has 7 heteroatoms. The maximum Gasteiger partial charge on any atom is 0.296 e. The second kappa shape index (κ2) is 10.9. The first-order valence-corrected chi connectivity index (χ1v) is 12.4. The summed E-state index contributed by atoms with van der Waals surface area (Å²) in [5.74, 6) is 0.0260. The highest BCUT2D eigenvalue weighted by atomic mass is 19.1. The van der Waals surface area contributed by atoms with Gasteiger partial charge in [-0.3, -0.25) is 4.79 Å². The molecular formula is C30H28FN5O. The highest BCUT2D eigenvalue weighted by Crippen LogP contribution is 2.31. The zero-order valence-corrected chi connectivity index (χ0v) is 20.4. The van der Waals surface area contributed by atoms with Crippen LogP contribution in [0, 0.1) is 18.3 Å². The summed E-state index contributed by atoms with van der Waals surface area (Å²) in [5, 5.41) is 7.92. The first kappa shape index (κ1) is 24.6. The summed E-state index contributed by atoms with van der Waals surface area (Å²) in [4.78, 5) is 16.8. The summed E-state index contributed by atoms with van der Waals surface area (Å²) >= 11 is 0. The van der Waals surface area contributed by atoms with E-state index >= 15 is 0 Å². The van der Waals surface area contributed by atoms with Crippen LogP contribution in [0.25, 0.3) is 10.5 Å². The van der Waals surface area contributed by atoms with E-state index in [0.717, 1.165) is 23.2 Å². The van der Waals surface area contributed by atoms with Crippen molar-refractivity contribution in [3.63, 3.8) is 0 Å². The third-order valence-corrected chi connectivity index (χ3v) is 6.68. The van der Waals surface area contributed by atoms with Gasteiger partial charge in [0.2, 0.25) is 0 Å². The maximum atomic E-state index is 15.0. The summed E-state index contributed by atoms with van der Waals surface area (Å²) < 4.78 is 16.4. The number of hydrogen-bond donors (Lipinski definition) is 2. The number of nitrogens with zero attached hydrogens (tertiary/aromatic N) is 3. The summed E-state index contributed by atoms with van der Waals surface area (Å²) in [6, 6.07) is 23.7. The Hall–Kier alpha value is -4.12. The topological polar surface area (TPSA) is 77.3 Å². The van der Waals surface area contributed by atoms with Crippen molar-refractivity contribution in [3.05, 3.63) is 124 Å². The number of Topliss-reactive ketones (excluding diaryl/α,β-unsaturated/α-hetero) is 1. The molecule has 0 aliphatic heterocycles. The van der Waals surface area contributed by atoms with Gasteiger partial charge in [0.15, 0.2) is 5.78 Å². The van der Waals surface area contributed by atoms with Crippen LogP contribution in [0.4, 0.5) is 10.2 Å². The van der Waals surface area contributed by atoms with E-state index in [-0.39, 0.29) is 29.8 Å². The SMILES string of the molecule is [C-]#[N+]c1cc(C(=O)Cc2cc(C(NCC3CC3)c3ccccc3)ccc2F)n(-c2cccc(CN)c2)n1. The highest BCUT2D eigenvalue weighted by molar-refractivity contribution is 5.97. The molecular weight excluding hydrogens is 465 g/mol. The minimum atomic E-state index is -0.437. The average Bonchev–Trinajstić information content (AvgIpc) is 3.66. The van der Waals surface area contributed by atoms with Gasteiger partial charge in [-0.05, 0) is 76.9 Å². The van der Waals surface area contributed by atoms with Crippen LogP contribution in [-0.2, 0) is 13.0 Å². The average molecular weight is 494 g/mol. The summed E-state index contributed by atoms with van der Waals surface area (Å²) in [7, 11) is 0. The van der Waals surface area contributed by atoms with Crippen LogP contribution in [0.5, 0.6) is 0 Å². The number of hydrogen-bond acceptors (Lipinski definition) is 4. The fourth-order valence-corrected chi connectivity index (χ4v) is 4.49. The minimum absolute atomic E-state index is 0.101. The minimum Gasteiger partial charge on any atom is -0.359 e. The van der Waals surface area contributed by atoms with Crippen LogP contribution in [0.1, 0.15) is 51.6 Å². The lowest BCUT2D eigenvalue weighted by atomic mass is 9.95. The molecule has 0 spiro atoms. The normalized spacial score (nSPS) is 13.8. The number of rotatable bonds is 10. The lowest BCUT2D eigenvalue weighted by Gasteiger charge is -2.21. The van der Waals surface area contributed by atoms with Gasteiger partial charge in [0.25, 0.3) is 5.82 Å². The number of ketones is 1. The zero-order valence-electron chi connectivity index (χ0n) is 20.4. The molecule has 1 aliphatic carbocycles. The van der Waals surface area contributed by atoms with Crippen molar-refractivity contribution in [3.8, 4) is 5.69 Å². The van der Waals surface area contributed by atoms with Gasteiger partial charge in [-0.25, -0.2) is 4.39 Å². The van der Waals surface area contributed by atoms with Crippen molar-refractivity contribution in [1.82, 2.24) is 15.1 Å². The van der Waals surface area contributed by atoms with Crippen LogP contribution in [0.15, 0.2) is 78.9 Å². The molecule has 0 saturated heterocycles. The number of nitrogens with one attached hydrogen (secondary N) is 1. The van der Waals surface area contributed by atoms with Crippen LogP contribution in [-0.4, -0.2) is 22.1 Å². The Labute approximate surface area is 215 Å². The quantitative estimate of drug-likeness (QED) is 0.225. The zero-order chi connectivity index (χ0) is 25.8. The van der Waals surface area contributed by atoms with Crippen molar-refractivity contribution in [2.24, 2.45) is 11.7 Å². The molecule has 1 aliphatic rings. The first-order valence-electron chi connectivity index (χ1n) is 12.4. The molecule has 1 fully saturated rings. The van der Waals surface area contributed by atoms with E-state index in [0.29, 0.717) is 23.7 Å². The van der Waals surface area contributed by atoms with Crippen molar-refractivity contribution < 1.29 is 9.18 Å². The summed E-state index contributed by atoms with van der Waals surface area (Å²) in [5.41, 5.74) is 9.82. The number of aromatic nitrogens is 2. The first-order chi connectivity index (χ1) is 18.1. The van der Waals surface area contributed by atoms with Crippen molar-refractivity contribution in [1.29, 1.82) is 0 Å². The predicted molar refractivity (Wildman–Crippen MR) is 141 cm³/mol. The molecule has 1 unspecified atom stereocenters. The molecule has 1 saturated carbocycles. The van der Waals surface area contributed by atoms with Gasteiger partial charge < -0.3 is 15.9 Å². The molecule has 1 atom stereocenters. The third-order valence-electron chi connectivity index (χ3n) is 6.68. The van der Waals surface area contributed by atoms with E-state index in [1.54, 1.807) is 18.2 Å². The molecule has 3 N–H and O–H groups in total. The Morgan fingerprint density at radius 2 is 1.89 bits per heavy atom. The number of carbonyl (C=O) groups excluding carboxylic acids is 1. The fourth-order valence-electron chi connectivity index (χ4n) is 4.49. The number of halogens is 1. The van der Waals surface area contributed by atoms with Crippen LogP contribution >= 0.6 is 0 Å². The van der Waals surface area contributed by atoms with Gasteiger partial charge in [0, 0.05) is 13.0 Å². The van der Waals surface area contributed by atoms with E-state index in [2.05, 4.69) is 27.4 Å². The number of nitrogens with two attached hydrogens (primary N) is 1. The molecule has 4 aromatic rings. The van der Waals surface area contributed by atoms with Crippen LogP contribution < -0.4 is 11.1 Å². The van der Waals surface area contributed by atoms with Crippen molar-refractivity contribution >= 4 is 11.6 Å². The van der Waals surface area contributed by atoms with Gasteiger partial charge in [0.05, 0.1) is 11.7 Å². The van der Waals surface area contributed by atoms with Gasteiger partial charge in [-0.2, -0.15) is 4.68 Å². The van der Waals surface area contributed by atoms with E-state index < -0.39 is 5.82 Å². The van der Waals surface area contributed by atoms with Crippen molar-refractivity contribution in [2.75, 3.05) is 6.54 Å². The van der Waals surface area contributed by atoms with Crippen LogP contribution in [0.3, 0.4) is 0 Å². The summed E-state index contributed by atoms with van der Waals surface area (Å²) in [6.45, 7) is 8.60. The Kier molecular flexibility index (Phi) is 7.22. The molecule has 0 amide bonds. The molecule has 0 radical (unpaired) electrons. The van der Waals surface area contributed by atoms with E-state index in [4.69, 9.17) is 12.3 Å². The third kappa shape index (κ3) is 5.67. The smallest absolute Gasteiger partial charge is 0.296 e. The van der Waals surface area contributed by atoms with Crippen LogP contribution in [0.2, 0.25) is 0 Å². The van der Waals surface area contributed by atoms with E-state index in [9.17, 15) is 9.18 Å². The van der Waals surface area contributed by atoms with E-state index in [1.807, 2.05) is 36.4 Å². The predicted octanol–water partition coefficient (Wildman–Crippen LogP) is 5.54. The van der Waals surface area contributed by atoms with Gasteiger partial charge in [-0.1, -0.05) is 61.2 Å².